The van der Waals surface area contributed by atoms with E-state index in [1.165, 1.54) is 32.1 Å². The third-order valence-corrected chi connectivity index (χ3v) is 3.89. The molecule has 1 atom stereocenters. The molecule has 0 amide bonds. The Labute approximate surface area is 105 Å². The van der Waals surface area contributed by atoms with Crippen LogP contribution in [0.25, 0.3) is 0 Å². The number of nitrogens with one attached hydrogen (secondary N) is 1. The molecule has 0 aliphatic heterocycles. The standard InChI is InChI=1S/C12H19BrN2O/c13-10-6-7-16-12(10)11(8-14)15-9-4-2-1-3-5-9/h6-7,9,11,15H,1-5,8,14H2. The smallest absolute Gasteiger partial charge is 0.136 e. The van der Waals surface area contributed by atoms with Crippen LogP contribution in [0.3, 0.4) is 0 Å². The Morgan fingerprint density at radius 3 is 2.75 bits per heavy atom. The van der Waals surface area contributed by atoms with Gasteiger partial charge in [-0.3, -0.25) is 0 Å². The van der Waals surface area contributed by atoms with Crippen LogP contribution in [0.15, 0.2) is 21.2 Å². The maximum Gasteiger partial charge on any atom is 0.136 e. The summed E-state index contributed by atoms with van der Waals surface area (Å²) in [6, 6.07) is 2.65. The maximum atomic E-state index is 5.81. The van der Waals surface area contributed by atoms with E-state index in [1.54, 1.807) is 6.26 Å². The molecule has 1 aliphatic rings. The molecule has 3 N–H and O–H groups in total. The van der Waals surface area contributed by atoms with Crippen molar-refractivity contribution < 1.29 is 4.42 Å². The zero-order chi connectivity index (χ0) is 11.4. The Morgan fingerprint density at radius 2 is 2.19 bits per heavy atom. The second-order valence-electron chi connectivity index (χ2n) is 4.42. The first-order chi connectivity index (χ1) is 7.81. The molecule has 16 heavy (non-hydrogen) atoms. The van der Waals surface area contributed by atoms with Gasteiger partial charge >= 0.3 is 0 Å². The van der Waals surface area contributed by atoms with Crippen molar-refractivity contribution >= 4 is 15.9 Å². The topological polar surface area (TPSA) is 51.2 Å². The molecule has 1 heterocycles. The van der Waals surface area contributed by atoms with Crippen molar-refractivity contribution in [3.63, 3.8) is 0 Å². The van der Waals surface area contributed by atoms with Gasteiger partial charge < -0.3 is 15.5 Å². The minimum Gasteiger partial charge on any atom is -0.466 e. The molecule has 1 unspecified atom stereocenters. The van der Waals surface area contributed by atoms with Gasteiger partial charge in [-0.2, -0.15) is 0 Å². The van der Waals surface area contributed by atoms with Gasteiger partial charge in [-0.25, -0.2) is 0 Å². The molecule has 90 valence electrons. The summed E-state index contributed by atoms with van der Waals surface area (Å²) in [5, 5.41) is 3.60. The van der Waals surface area contributed by atoms with E-state index in [4.69, 9.17) is 10.2 Å². The second kappa shape index (κ2) is 5.84. The molecule has 3 nitrogen and oxygen atoms in total. The lowest BCUT2D eigenvalue weighted by molar-refractivity contribution is 0.315. The average molecular weight is 287 g/mol. The molecular weight excluding hydrogens is 268 g/mol. The van der Waals surface area contributed by atoms with Crippen molar-refractivity contribution in [3.05, 3.63) is 22.6 Å². The minimum absolute atomic E-state index is 0.132. The normalized spacial score (nSPS) is 19.9. The summed E-state index contributed by atoms with van der Waals surface area (Å²) in [7, 11) is 0. The predicted molar refractivity (Wildman–Crippen MR) is 68.2 cm³/mol. The molecule has 0 spiro atoms. The molecule has 1 fully saturated rings. The summed E-state index contributed by atoms with van der Waals surface area (Å²) in [5.41, 5.74) is 5.81. The van der Waals surface area contributed by atoms with Gasteiger partial charge in [0.25, 0.3) is 0 Å². The van der Waals surface area contributed by atoms with Crippen LogP contribution >= 0.6 is 15.9 Å². The molecule has 0 saturated heterocycles. The van der Waals surface area contributed by atoms with Crippen molar-refractivity contribution in [1.29, 1.82) is 0 Å². The Kier molecular flexibility index (Phi) is 4.44. The lowest BCUT2D eigenvalue weighted by Gasteiger charge is -2.27. The van der Waals surface area contributed by atoms with Crippen LogP contribution in [0.1, 0.15) is 43.9 Å². The highest BCUT2D eigenvalue weighted by molar-refractivity contribution is 9.10. The minimum atomic E-state index is 0.132. The Hall–Kier alpha value is -0.320. The number of halogens is 1. The fourth-order valence-corrected chi connectivity index (χ4v) is 2.84. The zero-order valence-corrected chi connectivity index (χ0v) is 11.0. The summed E-state index contributed by atoms with van der Waals surface area (Å²) in [6.07, 6.45) is 8.24. The molecule has 0 aromatic carbocycles. The number of rotatable bonds is 4. The lowest BCUT2D eigenvalue weighted by atomic mass is 9.94. The number of furan rings is 1. The summed E-state index contributed by atoms with van der Waals surface area (Å²) < 4.78 is 6.48. The van der Waals surface area contributed by atoms with Crippen molar-refractivity contribution in [2.45, 2.75) is 44.2 Å². The zero-order valence-electron chi connectivity index (χ0n) is 9.42. The second-order valence-corrected chi connectivity index (χ2v) is 5.28. The van der Waals surface area contributed by atoms with Gasteiger partial charge in [0.2, 0.25) is 0 Å². The van der Waals surface area contributed by atoms with Gasteiger partial charge in [0, 0.05) is 12.6 Å². The molecule has 4 heteroatoms. The highest BCUT2D eigenvalue weighted by Gasteiger charge is 2.21. The summed E-state index contributed by atoms with van der Waals surface area (Å²) in [4.78, 5) is 0. The van der Waals surface area contributed by atoms with Gasteiger partial charge in [0.15, 0.2) is 0 Å². The van der Waals surface area contributed by atoms with Crippen LogP contribution in [0.5, 0.6) is 0 Å². The SMILES string of the molecule is NCC(NC1CCCCC1)c1occc1Br. The first kappa shape index (κ1) is 12.1. The fourth-order valence-electron chi connectivity index (χ4n) is 2.36. The van der Waals surface area contributed by atoms with Crippen LogP contribution in [0, 0.1) is 0 Å². The fraction of sp³-hybridized carbons (Fsp3) is 0.667. The maximum absolute atomic E-state index is 5.81. The van der Waals surface area contributed by atoms with Crippen LogP contribution in [-0.4, -0.2) is 12.6 Å². The van der Waals surface area contributed by atoms with E-state index in [0.717, 1.165) is 10.2 Å². The molecule has 2 rings (SSSR count). The monoisotopic (exact) mass is 286 g/mol. The van der Waals surface area contributed by atoms with Gasteiger partial charge in [-0.1, -0.05) is 19.3 Å². The number of hydrogen-bond acceptors (Lipinski definition) is 3. The summed E-state index contributed by atoms with van der Waals surface area (Å²) in [5.74, 6) is 0.924. The van der Waals surface area contributed by atoms with Crippen LogP contribution in [0.2, 0.25) is 0 Å². The van der Waals surface area contributed by atoms with E-state index >= 15 is 0 Å². The first-order valence-electron chi connectivity index (χ1n) is 6.00. The third kappa shape index (κ3) is 2.87. The largest absolute Gasteiger partial charge is 0.466 e. The van der Waals surface area contributed by atoms with E-state index in [9.17, 15) is 0 Å². The third-order valence-electron chi connectivity index (χ3n) is 3.24. The van der Waals surface area contributed by atoms with Crippen LogP contribution < -0.4 is 11.1 Å². The van der Waals surface area contributed by atoms with E-state index in [0.29, 0.717) is 12.6 Å². The van der Waals surface area contributed by atoms with Crippen molar-refractivity contribution in [3.8, 4) is 0 Å². The molecule has 1 aromatic rings. The predicted octanol–water partition coefficient (Wildman–Crippen LogP) is 2.96. The van der Waals surface area contributed by atoms with E-state index in [-0.39, 0.29) is 6.04 Å². The van der Waals surface area contributed by atoms with Crippen molar-refractivity contribution in [1.82, 2.24) is 5.32 Å². The van der Waals surface area contributed by atoms with E-state index in [1.807, 2.05) is 6.07 Å². The quantitative estimate of drug-likeness (QED) is 0.895. The number of hydrogen-bond donors (Lipinski definition) is 2. The first-order valence-corrected chi connectivity index (χ1v) is 6.79. The molecular formula is C12H19BrN2O. The van der Waals surface area contributed by atoms with Gasteiger partial charge in [-0.05, 0) is 34.8 Å². The van der Waals surface area contributed by atoms with E-state index < -0.39 is 0 Å². The van der Waals surface area contributed by atoms with E-state index in [2.05, 4.69) is 21.2 Å². The van der Waals surface area contributed by atoms with Crippen LogP contribution in [-0.2, 0) is 0 Å². The number of nitrogens with two attached hydrogens (primary N) is 1. The van der Waals surface area contributed by atoms with Crippen LogP contribution in [0.4, 0.5) is 0 Å². The van der Waals surface area contributed by atoms with Gasteiger partial charge in [0.1, 0.15) is 5.76 Å². The Bertz CT molecular complexity index is 321. The summed E-state index contributed by atoms with van der Waals surface area (Å²) >= 11 is 3.48. The Morgan fingerprint density at radius 1 is 1.44 bits per heavy atom. The molecule has 1 saturated carbocycles. The molecule has 0 bridgehead atoms. The van der Waals surface area contributed by atoms with Crippen molar-refractivity contribution in [2.24, 2.45) is 5.73 Å². The van der Waals surface area contributed by atoms with Gasteiger partial charge in [0.05, 0.1) is 16.8 Å². The lowest BCUT2D eigenvalue weighted by Crippen LogP contribution is -2.37. The molecule has 1 aliphatic carbocycles. The van der Waals surface area contributed by atoms with Gasteiger partial charge in [-0.15, -0.1) is 0 Å². The Balaban J connectivity index is 1.97. The molecule has 1 aromatic heterocycles. The highest BCUT2D eigenvalue weighted by atomic mass is 79.9. The summed E-state index contributed by atoms with van der Waals surface area (Å²) in [6.45, 7) is 0.572. The average Bonchev–Trinajstić information content (AvgIpc) is 2.74. The van der Waals surface area contributed by atoms with Crippen molar-refractivity contribution in [2.75, 3.05) is 6.54 Å². The highest BCUT2D eigenvalue weighted by Crippen LogP contribution is 2.26. The molecule has 0 radical (unpaired) electrons.